The van der Waals surface area contributed by atoms with Crippen LogP contribution in [-0.4, -0.2) is 61.0 Å². The number of fused-ring (bicyclic) bond motifs is 1. The van der Waals surface area contributed by atoms with Crippen LogP contribution < -0.4 is 19.1 Å². The maximum absolute atomic E-state index is 13.1. The highest BCUT2D eigenvalue weighted by Crippen LogP contribution is 2.41. The van der Waals surface area contributed by atoms with E-state index in [-0.39, 0.29) is 40.8 Å². The van der Waals surface area contributed by atoms with Gasteiger partial charge in [-0.2, -0.15) is 0 Å². The van der Waals surface area contributed by atoms with Gasteiger partial charge in [-0.25, -0.2) is 9.18 Å². The molecule has 2 heterocycles. The number of amides is 2. The van der Waals surface area contributed by atoms with Gasteiger partial charge in [-0.1, -0.05) is 11.6 Å². The molecular weight excluding hydrogens is 443 g/mol. The molecule has 0 saturated carbocycles. The molecule has 0 bridgehead atoms. The Morgan fingerprint density at radius 2 is 1.88 bits per heavy atom. The molecule has 1 unspecified atom stereocenters. The Hall–Kier alpha value is -3.20. The maximum atomic E-state index is 13.1. The third kappa shape index (κ3) is 4.52. The molecule has 0 aromatic heterocycles. The van der Waals surface area contributed by atoms with Crippen LogP contribution in [0.1, 0.15) is 12.8 Å². The van der Waals surface area contributed by atoms with Crippen molar-refractivity contribution in [2.45, 2.75) is 25.0 Å². The van der Waals surface area contributed by atoms with Gasteiger partial charge in [0.15, 0.2) is 6.10 Å². The van der Waals surface area contributed by atoms with Crippen LogP contribution in [-0.2, 0) is 4.79 Å². The molecule has 2 aromatic carbocycles. The van der Waals surface area contributed by atoms with Gasteiger partial charge in [0, 0.05) is 32.0 Å². The number of carbonyl (C=O) groups excluding carboxylic acids is 1. The largest absolute Gasteiger partial charge is 0.495 e. The first-order valence-electron chi connectivity index (χ1n) is 10.1. The summed E-state index contributed by atoms with van der Waals surface area (Å²) in [6.45, 7) is 0.735. The van der Waals surface area contributed by atoms with Crippen molar-refractivity contribution >= 4 is 29.3 Å². The van der Waals surface area contributed by atoms with E-state index in [1.165, 1.54) is 31.4 Å². The molecule has 10 heteroatoms. The number of halogens is 2. The second-order valence-electron chi connectivity index (χ2n) is 7.55. The number of rotatable bonds is 4. The molecule has 1 fully saturated rings. The summed E-state index contributed by atoms with van der Waals surface area (Å²) in [5.74, 6) is 0.488. The summed E-state index contributed by atoms with van der Waals surface area (Å²) in [4.78, 5) is 27.6. The quantitative estimate of drug-likeness (QED) is 0.740. The van der Waals surface area contributed by atoms with Crippen molar-refractivity contribution in [3.05, 3.63) is 47.2 Å². The molecule has 1 N–H and O–H groups in total. The lowest BCUT2D eigenvalue weighted by atomic mass is 10.1. The highest BCUT2D eigenvalue weighted by Gasteiger charge is 2.38. The van der Waals surface area contributed by atoms with Crippen LogP contribution in [0.2, 0.25) is 5.02 Å². The molecule has 2 aliphatic rings. The predicted octanol–water partition coefficient (Wildman–Crippen LogP) is 3.80. The van der Waals surface area contributed by atoms with Gasteiger partial charge >= 0.3 is 6.09 Å². The average molecular weight is 465 g/mol. The number of ether oxygens (including phenoxy) is 3. The number of nitrogens with zero attached hydrogens (tertiary/aromatic N) is 2. The molecule has 2 aliphatic heterocycles. The predicted molar refractivity (Wildman–Crippen MR) is 114 cm³/mol. The van der Waals surface area contributed by atoms with E-state index < -0.39 is 12.2 Å². The molecular formula is C22H22ClFN2O6. The lowest BCUT2D eigenvalue weighted by Gasteiger charge is -2.37. The molecule has 1 saturated heterocycles. The minimum atomic E-state index is -1.21. The fourth-order valence-electron chi connectivity index (χ4n) is 3.85. The van der Waals surface area contributed by atoms with Crippen LogP contribution in [0.4, 0.5) is 14.9 Å². The normalized spacial score (nSPS) is 18.5. The summed E-state index contributed by atoms with van der Waals surface area (Å²) in [6, 6.07) is 8.74. The van der Waals surface area contributed by atoms with E-state index in [1.807, 2.05) is 0 Å². The number of piperidine rings is 1. The van der Waals surface area contributed by atoms with Crippen molar-refractivity contribution in [3.63, 3.8) is 0 Å². The molecule has 4 rings (SSSR count). The van der Waals surface area contributed by atoms with Gasteiger partial charge in [0.1, 0.15) is 29.2 Å². The van der Waals surface area contributed by atoms with E-state index in [4.69, 9.17) is 25.8 Å². The fraction of sp³-hybridized carbons (Fsp3) is 0.364. The smallest absolute Gasteiger partial charge is 0.412 e. The second kappa shape index (κ2) is 9.12. The molecule has 32 heavy (non-hydrogen) atoms. The van der Waals surface area contributed by atoms with E-state index >= 15 is 0 Å². The van der Waals surface area contributed by atoms with E-state index in [0.29, 0.717) is 37.4 Å². The van der Waals surface area contributed by atoms with Gasteiger partial charge in [0.25, 0.3) is 5.91 Å². The Kier molecular flexibility index (Phi) is 6.27. The van der Waals surface area contributed by atoms with Gasteiger partial charge in [-0.3, -0.25) is 9.69 Å². The Labute approximate surface area is 189 Å². The number of benzene rings is 2. The van der Waals surface area contributed by atoms with Crippen molar-refractivity contribution in [2.24, 2.45) is 0 Å². The van der Waals surface area contributed by atoms with Crippen LogP contribution in [0.25, 0.3) is 0 Å². The van der Waals surface area contributed by atoms with Crippen LogP contribution in [0.5, 0.6) is 17.2 Å². The summed E-state index contributed by atoms with van der Waals surface area (Å²) in [6.07, 6.45) is -1.10. The summed E-state index contributed by atoms with van der Waals surface area (Å²) in [5, 5.41) is 9.88. The number of hydrogen-bond donors (Lipinski definition) is 1. The van der Waals surface area contributed by atoms with E-state index in [0.717, 1.165) is 4.90 Å². The van der Waals surface area contributed by atoms with E-state index in [9.17, 15) is 19.1 Å². The first kappa shape index (κ1) is 22.0. The lowest BCUT2D eigenvalue weighted by molar-refractivity contribution is -0.140. The summed E-state index contributed by atoms with van der Waals surface area (Å²) in [5.41, 5.74) is 0.263. The summed E-state index contributed by atoms with van der Waals surface area (Å²) < 4.78 is 30.0. The van der Waals surface area contributed by atoms with Crippen LogP contribution in [0, 0.1) is 5.82 Å². The second-order valence-corrected chi connectivity index (χ2v) is 7.96. The van der Waals surface area contributed by atoms with E-state index in [2.05, 4.69) is 0 Å². The number of carboxylic acid groups (broad SMARTS) is 1. The Balaban J connectivity index is 1.42. The molecule has 170 valence electrons. The van der Waals surface area contributed by atoms with Crippen molar-refractivity contribution in [1.29, 1.82) is 0 Å². The number of methoxy groups -OCH3 is 1. The molecule has 2 aromatic rings. The van der Waals surface area contributed by atoms with Crippen molar-refractivity contribution < 1.29 is 33.3 Å². The molecule has 0 spiro atoms. The molecule has 2 amide bonds. The topological polar surface area (TPSA) is 88.5 Å². The van der Waals surface area contributed by atoms with Crippen LogP contribution >= 0.6 is 11.6 Å². The summed E-state index contributed by atoms with van der Waals surface area (Å²) in [7, 11) is 1.44. The SMILES string of the molecule is COc1cc2c(cc1Cl)N(C(=O)O)CC(C(=O)N1CCC(Oc3ccc(F)cc3)CC1)O2. The van der Waals surface area contributed by atoms with Crippen molar-refractivity contribution in [3.8, 4) is 17.2 Å². The lowest BCUT2D eigenvalue weighted by Crippen LogP contribution is -2.53. The molecule has 1 atom stereocenters. The standard InChI is InChI=1S/C22H22ClFN2O6/c1-30-18-11-19-17(10-16(18)23)26(22(28)29)12-20(32-19)21(27)25-8-6-15(7-9-25)31-14-4-2-13(24)3-5-14/h2-5,10-11,15,20H,6-9,12H2,1H3,(H,28,29). The van der Waals surface area contributed by atoms with Gasteiger partial charge in [-0.05, 0) is 30.3 Å². The zero-order valence-corrected chi connectivity index (χ0v) is 18.0. The zero-order chi connectivity index (χ0) is 22.8. The highest BCUT2D eigenvalue weighted by molar-refractivity contribution is 6.32. The Morgan fingerprint density at radius 3 is 2.50 bits per heavy atom. The molecule has 8 nitrogen and oxygen atoms in total. The molecule has 0 aliphatic carbocycles. The van der Waals surface area contributed by atoms with Gasteiger partial charge in [-0.15, -0.1) is 0 Å². The van der Waals surface area contributed by atoms with E-state index in [1.54, 1.807) is 17.0 Å². The third-order valence-electron chi connectivity index (χ3n) is 5.52. The fourth-order valence-corrected chi connectivity index (χ4v) is 4.09. The monoisotopic (exact) mass is 464 g/mol. The van der Waals surface area contributed by atoms with Crippen molar-refractivity contribution in [1.82, 2.24) is 4.90 Å². The Morgan fingerprint density at radius 1 is 1.19 bits per heavy atom. The maximum Gasteiger partial charge on any atom is 0.412 e. The van der Waals surface area contributed by atoms with Crippen LogP contribution in [0.3, 0.4) is 0 Å². The first-order valence-corrected chi connectivity index (χ1v) is 10.5. The number of carbonyl (C=O) groups is 2. The van der Waals surface area contributed by atoms with Gasteiger partial charge in [0.05, 0.1) is 24.4 Å². The number of hydrogen-bond acceptors (Lipinski definition) is 5. The third-order valence-corrected chi connectivity index (χ3v) is 5.81. The minimum absolute atomic E-state index is 0.0977. The van der Waals surface area contributed by atoms with Gasteiger partial charge in [0.2, 0.25) is 0 Å². The minimum Gasteiger partial charge on any atom is -0.495 e. The number of likely N-dealkylation sites (tertiary alicyclic amines) is 1. The first-order chi connectivity index (χ1) is 15.4. The van der Waals surface area contributed by atoms with Crippen LogP contribution in [0.15, 0.2) is 36.4 Å². The molecule has 0 radical (unpaired) electrons. The zero-order valence-electron chi connectivity index (χ0n) is 17.3. The highest BCUT2D eigenvalue weighted by atomic mass is 35.5. The van der Waals surface area contributed by atoms with Gasteiger partial charge < -0.3 is 24.2 Å². The number of anilines is 1. The van der Waals surface area contributed by atoms with Crippen molar-refractivity contribution in [2.75, 3.05) is 31.6 Å². The average Bonchev–Trinajstić information content (AvgIpc) is 2.79. The Bertz CT molecular complexity index is 1010. The summed E-state index contributed by atoms with van der Waals surface area (Å²) >= 11 is 6.13.